The lowest BCUT2D eigenvalue weighted by Gasteiger charge is -2.29. The van der Waals surface area contributed by atoms with Gasteiger partial charge in [-0.15, -0.1) is 0 Å². The topological polar surface area (TPSA) is 64.0 Å². The van der Waals surface area contributed by atoms with Gasteiger partial charge in [0, 0.05) is 36.9 Å². The Labute approximate surface area is 94.8 Å². The molecular formula is C10H15N3O2S. The van der Waals surface area contributed by atoms with E-state index in [1.807, 2.05) is 6.20 Å². The van der Waals surface area contributed by atoms with Gasteiger partial charge in [-0.05, 0) is 6.42 Å². The molecule has 0 amide bonds. The largest absolute Gasteiger partial charge is 0.330 e. The minimum atomic E-state index is -2.82. The number of sulfone groups is 1. The maximum Gasteiger partial charge on any atom is 0.152 e. The Hall–Kier alpha value is -0.880. The van der Waals surface area contributed by atoms with Gasteiger partial charge in [0.25, 0.3) is 0 Å². The van der Waals surface area contributed by atoms with Crippen LogP contribution < -0.4 is 5.32 Å². The third kappa shape index (κ3) is 1.66. The van der Waals surface area contributed by atoms with Crippen LogP contribution in [0.5, 0.6) is 0 Å². The Morgan fingerprint density at radius 3 is 2.81 bits per heavy atom. The number of aromatic nitrogens is 2. The van der Waals surface area contributed by atoms with E-state index < -0.39 is 9.84 Å². The highest BCUT2D eigenvalue weighted by molar-refractivity contribution is 7.91. The fourth-order valence-corrected chi connectivity index (χ4v) is 4.14. The summed E-state index contributed by atoms with van der Waals surface area (Å²) in [6, 6.07) is 0.100. The van der Waals surface area contributed by atoms with Gasteiger partial charge in [-0.2, -0.15) is 0 Å². The smallest absolute Gasteiger partial charge is 0.152 e. The SMILES string of the molecule is O=S1(=O)CCC(n2cncc2C2CNC2)C1. The van der Waals surface area contributed by atoms with Gasteiger partial charge in [0.05, 0.1) is 17.8 Å². The van der Waals surface area contributed by atoms with Crippen LogP contribution in [0.15, 0.2) is 12.5 Å². The maximum atomic E-state index is 11.5. The van der Waals surface area contributed by atoms with Gasteiger partial charge in [0.1, 0.15) is 0 Å². The molecule has 6 heteroatoms. The van der Waals surface area contributed by atoms with Gasteiger partial charge in [-0.3, -0.25) is 0 Å². The highest BCUT2D eigenvalue weighted by atomic mass is 32.2. The first-order valence-corrected chi connectivity index (χ1v) is 7.41. The zero-order valence-electron chi connectivity index (χ0n) is 8.96. The molecule has 0 spiro atoms. The molecule has 1 aromatic rings. The lowest BCUT2D eigenvalue weighted by molar-refractivity contribution is 0.409. The number of nitrogens with one attached hydrogen (secondary N) is 1. The minimum Gasteiger partial charge on any atom is -0.330 e. The fourth-order valence-electron chi connectivity index (χ4n) is 2.43. The number of rotatable bonds is 2. The first kappa shape index (κ1) is 10.3. The molecule has 1 N–H and O–H groups in total. The van der Waals surface area contributed by atoms with Crippen molar-refractivity contribution in [3.8, 4) is 0 Å². The van der Waals surface area contributed by atoms with Crippen molar-refractivity contribution in [1.82, 2.24) is 14.9 Å². The zero-order chi connectivity index (χ0) is 11.2. The van der Waals surface area contributed by atoms with Crippen molar-refractivity contribution in [1.29, 1.82) is 0 Å². The third-order valence-corrected chi connectivity index (χ3v) is 5.25. The van der Waals surface area contributed by atoms with E-state index in [0.29, 0.717) is 11.7 Å². The summed E-state index contributed by atoms with van der Waals surface area (Å²) in [4.78, 5) is 4.16. The molecule has 0 aromatic carbocycles. The van der Waals surface area contributed by atoms with Gasteiger partial charge in [0.2, 0.25) is 0 Å². The Kier molecular flexibility index (Phi) is 2.29. The molecular weight excluding hydrogens is 226 g/mol. The van der Waals surface area contributed by atoms with E-state index in [-0.39, 0.29) is 11.8 Å². The summed E-state index contributed by atoms with van der Waals surface area (Å²) in [6.07, 6.45) is 4.38. The predicted molar refractivity (Wildman–Crippen MR) is 60.1 cm³/mol. The molecule has 2 aliphatic heterocycles. The lowest BCUT2D eigenvalue weighted by Crippen LogP contribution is -2.41. The third-order valence-electron chi connectivity index (χ3n) is 3.50. The molecule has 0 aliphatic carbocycles. The normalized spacial score (nSPS) is 29.1. The van der Waals surface area contributed by atoms with E-state index >= 15 is 0 Å². The van der Waals surface area contributed by atoms with Crippen molar-refractivity contribution < 1.29 is 8.42 Å². The highest BCUT2D eigenvalue weighted by Crippen LogP contribution is 2.28. The summed E-state index contributed by atoms with van der Waals surface area (Å²) < 4.78 is 25.0. The van der Waals surface area contributed by atoms with Crippen LogP contribution in [0, 0.1) is 0 Å². The van der Waals surface area contributed by atoms with Crippen LogP contribution in [0.3, 0.4) is 0 Å². The van der Waals surface area contributed by atoms with Crippen molar-refractivity contribution in [2.24, 2.45) is 0 Å². The van der Waals surface area contributed by atoms with Gasteiger partial charge < -0.3 is 9.88 Å². The Bertz CT molecular complexity index is 490. The van der Waals surface area contributed by atoms with Gasteiger partial charge >= 0.3 is 0 Å². The second kappa shape index (κ2) is 3.56. The van der Waals surface area contributed by atoms with E-state index in [2.05, 4.69) is 14.9 Å². The number of nitrogens with zero attached hydrogens (tertiary/aromatic N) is 2. The summed E-state index contributed by atoms with van der Waals surface area (Å²) in [6.45, 7) is 1.95. The van der Waals surface area contributed by atoms with Gasteiger partial charge in [-0.1, -0.05) is 0 Å². The Morgan fingerprint density at radius 1 is 1.44 bits per heavy atom. The van der Waals surface area contributed by atoms with Crippen molar-refractivity contribution in [2.45, 2.75) is 18.4 Å². The molecule has 3 heterocycles. The van der Waals surface area contributed by atoms with Crippen LogP contribution in [0.2, 0.25) is 0 Å². The molecule has 16 heavy (non-hydrogen) atoms. The van der Waals surface area contributed by atoms with Crippen molar-refractivity contribution in [2.75, 3.05) is 24.6 Å². The molecule has 88 valence electrons. The second-order valence-corrected chi connectivity index (χ2v) is 6.87. The van der Waals surface area contributed by atoms with E-state index in [9.17, 15) is 8.42 Å². The predicted octanol–water partition coefficient (Wildman–Crippen LogP) is -0.0705. The van der Waals surface area contributed by atoms with Crippen molar-refractivity contribution >= 4 is 9.84 Å². The molecule has 1 aromatic heterocycles. The lowest BCUT2D eigenvalue weighted by atomic mass is 9.99. The summed E-state index contributed by atoms with van der Waals surface area (Å²) >= 11 is 0. The first-order valence-electron chi connectivity index (χ1n) is 5.58. The van der Waals surface area contributed by atoms with E-state index in [0.717, 1.165) is 19.5 Å². The minimum absolute atomic E-state index is 0.100. The standard InChI is InChI=1S/C10H15N3O2S/c14-16(15)2-1-9(6-16)13-7-12-5-10(13)8-3-11-4-8/h5,7-9,11H,1-4,6H2. The Morgan fingerprint density at radius 2 is 2.25 bits per heavy atom. The quantitative estimate of drug-likeness (QED) is 0.787. The number of hydrogen-bond acceptors (Lipinski definition) is 4. The van der Waals surface area contributed by atoms with Gasteiger partial charge in [-0.25, -0.2) is 13.4 Å². The van der Waals surface area contributed by atoms with Crippen LogP contribution >= 0.6 is 0 Å². The fraction of sp³-hybridized carbons (Fsp3) is 0.700. The molecule has 0 saturated carbocycles. The molecule has 0 radical (unpaired) electrons. The second-order valence-electron chi connectivity index (χ2n) is 4.64. The monoisotopic (exact) mass is 241 g/mol. The van der Waals surface area contributed by atoms with E-state index in [1.165, 1.54) is 5.69 Å². The molecule has 5 nitrogen and oxygen atoms in total. The number of hydrogen-bond donors (Lipinski definition) is 1. The van der Waals surface area contributed by atoms with Crippen LogP contribution in [0.4, 0.5) is 0 Å². The van der Waals surface area contributed by atoms with E-state index in [1.54, 1.807) is 6.33 Å². The van der Waals surface area contributed by atoms with Crippen LogP contribution in [0.25, 0.3) is 0 Å². The first-order chi connectivity index (χ1) is 7.66. The average molecular weight is 241 g/mol. The maximum absolute atomic E-state index is 11.5. The molecule has 0 bridgehead atoms. The summed E-state index contributed by atoms with van der Waals surface area (Å²) in [5.74, 6) is 1.10. The summed E-state index contributed by atoms with van der Waals surface area (Å²) in [7, 11) is -2.82. The zero-order valence-corrected chi connectivity index (χ0v) is 9.78. The Balaban J connectivity index is 1.87. The molecule has 1 unspecified atom stereocenters. The average Bonchev–Trinajstić information content (AvgIpc) is 2.69. The highest BCUT2D eigenvalue weighted by Gasteiger charge is 2.32. The number of imidazole rings is 1. The molecule has 2 aliphatic rings. The summed E-state index contributed by atoms with van der Waals surface area (Å²) in [5.41, 5.74) is 1.18. The van der Waals surface area contributed by atoms with Crippen LogP contribution in [-0.2, 0) is 9.84 Å². The molecule has 3 rings (SSSR count). The van der Waals surface area contributed by atoms with Crippen LogP contribution in [0.1, 0.15) is 24.1 Å². The van der Waals surface area contributed by atoms with Gasteiger partial charge in [0.15, 0.2) is 9.84 Å². The van der Waals surface area contributed by atoms with E-state index in [4.69, 9.17) is 0 Å². The van der Waals surface area contributed by atoms with Crippen LogP contribution in [-0.4, -0.2) is 42.6 Å². The summed E-state index contributed by atoms with van der Waals surface area (Å²) in [5, 5.41) is 3.22. The molecule has 1 atom stereocenters. The molecule has 2 saturated heterocycles. The van der Waals surface area contributed by atoms with Crippen molar-refractivity contribution in [3.05, 3.63) is 18.2 Å². The molecule has 2 fully saturated rings. The van der Waals surface area contributed by atoms with Crippen molar-refractivity contribution in [3.63, 3.8) is 0 Å².